The Morgan fingerprint density at radius 1 is 1.14 bits per heavy atom. The van der Waals surface area contributed by atoms with E-state index in [-0.39, 0.29) is 17.9 Å². The number of thioether (sulfide) groups is 1. The maximum Gasteiger partial charge on any atom is 0.251 e. The van der Waals surface area contributed by atoms with Gasteiger partial charge >= 0.3 is 0 Å². The van der Waals surface area contributed by atoms with Crippen molar-refractivity contribution in [2.75, 3.05) is 10.7 Å². The zero-order valence-electron chi connectivity index (χ0n) is 16.2. The highest BCUT2D eigenvalue weighted by Gasteiger charge is 2.27. The maximum absolute atomic E-state index is 12.9. The van der Waals surface area contributed by atoms with Gasteiger partial charge in [-0.15, -0.1) is 11.8 Å². The van der Waals surface area contributed by atoms with Crippen molar-refractivity contribution < 1.29 is 9.59 Å². The molecule has 2 aliphatic rings. The fourth-order valence-corrected chi connectivity index (χ4v) is 4.98. The average Bonchev–Trinajstić information content (AvgIpc) is 2.72. The monoisotopic (exact) mass is 394 g/mol. The number of hydrogen-bond donors (Lipinski definition) is 1. The smallest absolute Gasteiger partial charge is 0.251 e. The number of anilines is 1. The summed E-state index contributed by atoms with van der Waals surface area (Å²) in [5.41, 5.74) is 2.55. The first kappa shape index (κ1) is 19.1. The lowest BCUT2D eigenvalue weighted by atomic mass is 9.86. The van der Waals surface area contributed by atoms with Crippen LogP contribution in [0.1, 0.15) is 48.5 Å². The molecule has 0 spiro atoms. The van der Waals surface area contributed by atoms with Gasteiger partial charge in [-0.25, -0.2) is 0 Å². The lowest BCUT2D eigenvalue weighted by Gasteiger charge is -2.31. The molecule has 1 heterocycles. The Labute approximate surface area is 170 Å². The molecule has 2 atom stereocenters. The Bertz CT molecular complexity index is 868. The van der Waals surface area contributed by atoms with Gasteiger partial charge in [-0.3, -0.25) is 9.59 Å². The summed E-state index contributed by atoms with van der Waals surface area (Å²) in [7, 11) is 0. The molecule has 0 saturated heterocycles. The number of rotatable bonds is 4. The molecular formula is C23H26N2O2S. The molecule has 0 radical (unpaired) electrons. The molecule has 2 aromatic carbocycles. The molecule has 2 aromatic rings. The largest absolute Gasteiger partial charge is 0.349 e. The van der Waals surface area contributed by atoms with Crippen LogP contribution in [0.2, 0.25) is 0 Å². The molecule has 4 rings (SSSR count). The summed E-state index contributed by atoms with van der Waals surface area (Å²) >= 11 is 1.54. The average molecular weight is 395 g/mol. The van der Waals surface area contributed by atoms with Gasteiger partial charge in [0.2, 0.25) is 5.91 Å². The molecule has 0 bridgehead atoms. The first-order valence-electron chi connectivity index (χ1n) is 10.0. The third-order valence-corrected chi connectivity index (χ3v) is 6.82. The van der Waals surface area contributed by atoms with E-state index in [1.54, 1.807) is 16.7 Å². The lowest BCUT2D eigenvalue weighted by molar-refractivity contribution is -0.116. The van der Waals surface area contributed by atoms with Gasteiger partial charge in [-0.05, 0) is 42.5 Å². The first-order valence-corrected chi connectivity index (χ1v) is 11.0. The predicted molar refractivity (Wildman–Crippen MR) is 114 cm³/mol. The van der Waals surface area contributed by atoms with E-state index in [4.69, 9.17) is 0 Å². The minimum absolute atomic E-state index is 0.0377. The van der Waals surface area contributed by atoms with Crippen molar-refractivity contribution in [3.8, 4) is 0 Å². The van der Waals surface area contributed by atoms with Crippen LogP contribution in [0.5, 0.6) is 0 Å². The number of amides is 2. The van der Waals surface area contributed by atoms with E-state index in [1.807, 2.05) is 48.5 Å². The Morgan fingerprint density at radius 2 is 1.93 bits per heavy atom. The Hall–Kier alpha value is -2.27. The topological polar surface area (TPSA) is 49.4 Å². The maximum atomic E-state index is 12.9. The van der Waals surface area contributed by atoms with Crippen molar-refractivity contribution in [2.45, 2.75) is 50.1 Å². The van der Waals surface area contributed by atoms with Crippen molar-refractivity contribution in [1.29, 1.82) is 0 Å². The van der Waals surface area contributed by atoms with Crippen molar-refractivity contribution in [3.05, 3.63) is 59.7 Å². The lowest BCUT2D eigenvalue weighted by Crippen LogP contribution is -2.41. The SMILES string of the molecule is C[C@@H]1CCCC[C@H]1NC(=O)c1ccc2c(c1)N(Cc1ccccc1)C(=O)CS2. The van der Waals surface area contributed by atoms with Crippen LogP contribution < -0.4 is 10.2 Å². The Morgan fingerprint density at radius 3 is 2.71 bits per heavy atom. The molecule has 1 N–H and O–H groups in total. The highest BCUT2D eigenvalue weighted by atomic mass is 32.2. The zero-order chi connectivity index (χ0) is 19.5. The number of hydrogen-bond acceptors (Lipinski definition) is 3. The van der Waals surface area contributed by atoms with Crippen molar-refractivity contribution >= 4 is 29.3 Å². The van der Waals surface area contributed by atoms with Crippen molar-refractivity contribution in [1.82, 2.24) is 5.32 Å². The third-order valence-electron chi connectivity index (χ3n) is 5.78. The zero-order valence-corrected chi connectivity index (χ0v) is 17.0. The summed E-state index contributed by atoms with van der Waals surface area (Å²) in [4.78, 5) is 28.3. The van der Waals surface area contributed by atoms with Gasteiger partial charge in [-0.1, -0.05) is 50.1 Å². The fraction of sp³-hybridized carbons (Fsp3) is 0.391. The van der Waals surface area contributed by atoms with E-state index in [0.717, 1.165) is 22.6 Å². The van der Waals surface area contributed by atoms with E-state index in [1.165, 1.54) is 19.3 Å². The number of benzene rings is 2. The highest BCUT2D eigenvalue weighted by molar-refractivity contribution is 8.00. The minimum Gasteiger partial charge on any atom is -0.349 e. The van der Waals surface area contributed by atoms with Gasteiger partial charge < -0.3 is 10.2 Å². The van der Waals surface area contributed by atoms with Crippen LogP contribution in [-0.2, 0) is 11.3 Å². The second-order valence-electron chi connectivity index (χ2n) is 7.78. The molecule has 0 aromatic heterocycles. The molecule has 1 aliphatic heterocycles. The van der Waals surface area contributed by atoms with Gasteiger partial charge in [0.15, 0.2) is 0 Å². The quantitative estimate of drug-likeness (QED) is 0.822. The number of nitrogens with zero attached hydrogens (tertiary/aromatic N) is 1. The predicted octanol–water partition coefficient (Wildman–Crippen LogP) is 4.63. The summed E-state index contributed by atoms with van der Waals surface area (Å²) in [6, 6.07) is 16.0. The van der Waals surface area contributed by atoms with E-state index in [0.29, 0.717) is 23.8 Å². The Balaban J connectivity index is 1.57. The molecule has 1 saturated carbocycles. The van der Waals surface area contributed by atoms with E-state index >= 15 is 0 Å². The molecule has 2 amide bonds. The summed E-state index contributed by atoms with van der Waals surface area (Å²) in [5, 5.41) is 3.22. The van der Waals surface area contributed by atoms with Crippen LogP contribution in [0.3, 0.4) is 0 Å². The molecule has 1 aliphatic carbocycles. The van der Waals surface area contributed by atoms with Gasteiger partial charge in [0.1, 0.15) is 0 Å². The molecular weight excluding hydrogens is 368 g/mol. The molecule has 1 fully saturated rings. The van der Waals surface area contributed by atoms with Crippen LogP contribution >= 0.6 is 11.8 Å². The van der Waals surface area contributed by atoms with Crippen LogP contribution in [-0.4, -0.2) is 23.6 Å². The van der Waals surface area contributed by atoms with E-state index < -0.39 is 0 Å². The summed E-state index contributed by atoms with van der Waals surface area (Å²) < 4.78 is 0. The number of carbonyl (C=O) groups excluding carboxylic acids is 2. The second kappa shape index (κ2) is 8.39. The van der Waals surface area contributed by atoms with Gasteiger partial charge in [0.05, 0.1) is 18.0 Å². The molecule has 0 unspecified atom stereocenters. The van der Waals surface area contributed by atoms with Gasteiger partial charge in [0.25, 0.3) is 5.91 Å². The van der Waals surface area contributed by atoms with Gasteiger partial charge in [-0.2, -0.15) is 0 Å². The van der Waals surface area contributed by atoms with Crippen molar-refractivity contribution in [2.24, 2.45) is 5.92 Å². The van der Waals surface area contributed by atoms with Crippen LogP contribution in [0.25, 0.3) is 0 Å². The molecule has 146 valence electrons. The molecule has 4 nitrogen and oxygen atoms in total. The van der Waals surface area contributed by atoms with Crippen molar-refractivity contribution in [3.63, 3.8) is 0 Å². The molecule has 5 heteroatoms. The molecule has 28 heavy (non-hydrogen) atoms. The third kappa shape index (κ3) is 4.09. The van der Waals surface area contributed by atoms with Crippen LogP contribution in [0.15, 0.2) is 53.4 Å². The standard InChI is InChI=1S/C23H26N2O2S/c1-16-7-5-6-10-19(16)24-23(27)18-11-12-21-20(13-18)25(22(26)15-28-21)14-17-8-3-2-4-9-17/h2-4,8-9,11-13,16,19H,5-7,10,14-15H2,1H3,(H,24,27)/t16-,19-/m1/s1. The van der Waals surface area contributed by atoms with E-state index in [9.17, 15) is 9.59 Å². The van der Waals surface area contributed by atoms with Crippen LogP contribution in [0, 0.1) is 5.92 Å². The van der Waals surface area contributed by atoms with Crippen LogP contribution in [0.4, 0.5) is 5.69 Å². The summed E-state index contributed by atoms with van der Waals surface area (Å²) in [6.07, 6.45) is 4.65. The summed E-state index contributed by atoms with van der Waals surface area (Å²) in [5.74, 6) is 0.997. The fourth-order valence-electron chi connectivity index (χ4n) is 4.07. The second-order valence-corrected chi connectivity index (χ2v) is 8.80. The first-order chi connectivity index (χ1) is 13.6. The summed E-state index contributed by atoms with van der Waals surface area (Å²) in [6.45, 7) is 2.74. The minimum atomic E-state index is -0.0377. The highest BCUT2D eigenvalue weighted by Crippen LogP contribution is 2.37. The number of carbonyl (C=O) groups is 2. The number of fused-ring (bicyclic) bond motifs is 1. The Kier molecular flexibility index (Phi) is 5.72. The van der Waals surface area contributed by atoms with Gasteiger partial charge in [0, 0.05) is 16.5 Å². The van der Waals surface area contributed by atoms with E-state index in [2.05, 4.69) is 12.2 Å². The normalized spacial score (nSPS) is 21.9. The number of nitrogens with one attached hydrogen (secondary N) is 1.